The molecule has 0 fully saturated rings. The summed E-state index contributed by atoms with van der Waals surface area (Å²) in [4.78, 5) is 0. The number of hydrogen-bond donors (Lipinski definition) is 0. The van der Waals surface area contributed by atoms with E-state index in [2.05, 4.69) is 0 Å². The minimum absolute atomic E-state index is 0.228. The summed E-state index contributed by atoms with van der Waals surface area (Å²) in [5.41, 5.74) is -0.228. The van der Waals surface area contributed by atoms with Crippen molar-refractivity contribution in [2.24, 2.45) is 0 Å². The first kappa shape index (κ1) is 11.8. The van der Waals surface area contributed by atoms with Crippen LogP contribution in [0.25, 0.3) is 10.8 Å². The molecule has 0 amide bonds. The Morgan fingerprint density at radius 3 is 1.65 bits per heavy atom. The van der Waals surface area contributed by atoms with E-state index in [4.69, 9.17) is 0 Å². The van der Waals surface area contributed by atoms with Crippen LogP contribution in [0.5, 0.6) is 0 Å². The van der Waals surface area contributed by atoms with Gasteiger partial charge in [-0.1, -0.05) is 5.46 Å². The fourth-order valence-electron chi connectivity index (χ4n) is 1.65. The molecule has 0 heterocycles. The van der Waals surface area contributed by atoms with Crippen molar-refractivity contribution in [1.82, 2.24) is 0 Å². The van der Waals surface area contributed by atoms with Gasteiger partial charge >= 0.3 is 0 Å². The Morgan fingerprint density at radius 1 is 0.647 bits per heavy atom. The van der Waals surface area contributed by atoms with Gasteiger partial charge in [0.05, 0.1) is 5.39 Å². The van der Waals surface area contributed by atoms with Crippen molar-refractivity contribution in [2.75, 3.05) is 0 Å². The molecule has 0 atom stereocenters. The predicted molar refractivity (Wildman–Crippen MR) is 51.9 cm³/mol. The van der Waals surface area contributed by atoms with Crippen LogP contribution >= 0.6 is 0 Å². The van der Waals surface area contributed by atoms with E-state index in [1.165, 1.54) is 0 Å². The fourth-order valence-corrected chi connectivity index (χ4v) is 1.65. The molecule has 7 heteroatoms. The predicted octanol–water partition coefficient (Wildman–Crippen LogP) is 1.93. The third kappa shape index (κ3) is 1.49. The largest absolute Gasteiger partial charge is 0.204 e. The normalized spacial score (nSPS) is 11.2. The highest BCUT2D eigenvalue weighted by Crippen LogP contribution is 2.28. The lowest BCUT2D eigenvalue weighted by Crippen LogP contribution is -2.13. The van der Waals surface area contributed by atoms with Crippen molar-refractivity contribution >= 4 is 24.1 Å². The zero-order chi connectivity index (χ0) is 12.9. The average molecular weight is 248 g/mol. The number of hydrogen-bond acceptors (Lipinski definition) is 0. The lowest BCUT2D eigenvalue weighted by atomic mass is 9.89. The minimum Gasteiger partial charge on any atom is -0.204 e. The summed E-state index contributed by atoms with van der Waals surface area (Å²) < 4.78 is 78.7. The van der Waals surface area contributed by atoms with Crippen LogP contribution in [0.1, 0.15) is 0 Å². The molecular formula is C10H3BF6. The lowest BCUT2D eigenvalue weighted by Gasteiger charge is -2.09. The SMILES string of the molecule is Bc1cc(F)c(F)c2c(F)c(F)c(F)c(F)c12. The zero-order valence-electron chi connectivity index (χ0n) is 8.35. The molecule has 2 aromatic rings. The minimum atomic E-state index is -2.17. The monoisotopic (exact) mass is 248 g/mol. The molecule has 0 aliphatic rings. The molecule has 0 radical (unpaired) electrons. The smallest absolute Gasteiger partial charge is 0.198 e. The van der Waals surface area contributed by atoms with E-state index >= 15 is 0 Å². The highest BCUT2D eigenvalue weighted by Gasteiger charge is 2.25. The summed E-state index contributed by atoms with van der Waals surface area (Å²) in [7, 11) is 1.13. The van der Waals surface area contributed by atoms with Gasteiger partial charge in [-0.3, -0.25) is 0 Å². The molecule has 0 aromatic heterocycles. The summed E-state index contributed by atoms with van der Waals surface area (Å²) in [6.07, 6.45) is 0. The molecule has 0 bridgehead atoms. The first-order valence-corrected chi connectivity index (χ1v) is 4.46. The van der Waals surface area contributed by atoms with Crippen LogP contribution in [0.15, 0.2) is 6.07 Å². The molecule has 0 nitrogen and oxygen atoms in total. The lowest BCUT2D eigenvalue weighted by molar-refractivity contribution is 0.415. The number of rotatable bonds is 0. The van der Waals surface area contributed by atoms with E-state index in [1.807, 2.05) is 0 Å². The third-order valence-electron chi connectivity index (χ3n) is 2.43. The van der Waals surface area contributed by atoms with Gasteiger partial charge in [-0.15, -0.1) is 0 Å². The molecule has 2 rings (SSSR count). The van der Waals surface area contributed by atoms with Crippen molar-refractivity contribution in [3.05, 3.63) is 41.0 Å². The number of benzene rings is 2. The topological polar surface area (TPSA) is 0 Å². The quantitative estimate of drug-likeness (QED) is 0.289. The molecule has 0 saturated carbocycles. The van der Waals surface area contributed by atoms with E-state index in [0.717, 1.165) is 7.85 Å². The molecule has 0 saturated heterocycles. The van der Waals surface area contributed by atoms with E-state index in [1.54, 1.807) is 0 Å². The summed E-state index contributed by atoms with van der Waals surface area (Å²) in [6, 6.07) is 0.581. The van der Waals surface area contributed by atoms with Crippen LogP contribution in [-0.2, 0) is 0 Å². The van der Waals surface area contributed by atoms with Crippen molar-refractivity contribution in [3.8, 4) is 0 Å². The summed E-state index contributed by atoms with van der Waals surface area (Å²) in [5.74, 6) is -11.1. The van der Waals surface area contributed by atoms with E-state index in [9.17, 15) is 26.3 Å². The van der Waals surface area contributed by atoms with Crippen LogP contribution < -0.4 is 5.46 Å². The molecule has 0 N–H and O–H groups in total. The van der Waals surface area contributed by atoms with Gasteiger partial charge < -0.3 is 0 Å². The van der Waals surface area contributed by atoms with Crippen LogP contribution in [0.3, 0.4) is 0 Å². The second-order valence-corrected chi connectivity index (χ2v) is 3.50. The van der Waals surface area contributed by atoms with Crippen LogP contribution in [-0.4, -0.2) is 7.85 Å². The molecule has 0 unspecified atom stereocenters. The summed E-state index contributed by atoms with van der Waals surface area (Å²) in [6.45, 7) is 0. The maximum atomic E-state index is 13.3. The average Bonchev–Trinajstić information content (AvgIpc) is 2.28. The first-order valence-electron chi connectivity index (χ1n) is 4.46. The van der Waals surface area contributed by atoms with Crippen molar-refractivity contribution in [3.63, 3.8) is 0 Å². The van der Waals surface area contributed by atoms with Crippen molar-refractivity contribution < 1.29 is 26.3 Å². The number of fused-ring (bicyclic) bond motifs is 1. The van der Waals surface area contributed by atoms with Crippen LogP contribution in [0.4, 0.5) is 26.3 Å². The maximum absolute atomic E-state index is 13.3. The van der Waals surface area contributed by atoms with E-state index < -0.39 is 45.7 Å². The second-order valence-electron chi connectivity index (χ2n) is 3.50. The maximum Gasteiger partial charge on any atom is 0.198 e. The van der Waals surface area contributed by atoms with Crippen molar-refractivity contribution in [2.45, 2.75) is 0 Å². The molecule has 0 spiro atoms. The fraction of sp³-hybridized carbons (Fsp3) is 0. The third-order valence-corrected chi connectivity index (χ3v) is 2.43. The molecule has 2 aromatic carbocycles. The highest BCUT2D eigenvalue weighted by molar-refractivity contribution is 6.38. The first-order chi connectivity index (χ1) is 7.86. The van der Waals surface area contributed by atoms with Crippen LogP contribution in [0.2, 0.25) is 0 Å². The Morgan fingerprint density at radius 2 is 1.12 bits per heavy atom. The summed E-state index contributed by atoms with van der Waals surface area (Å²) in [5, 5.41) is -2.03. The van der Waals surface area contributed by atoms with Gasteiger partial charge in [0.1, 0.15) is 7.85 Å². The van der Waals surface area contributed by atoms with Gasteiger partial charge in [-0.25, -0.2) is 26.3 Å². The Balaban J connectivity index is 3.17. The van der Waals surface area contributed by atoms with Gasteiger partial charge in [0.15, 0.2) is 34.9 Å². The Labute approximate surface area is 92.3 Å². The second kappa shape index (κ2) is 3.68. The Kier molecular flexibility index (Phi) is 2.56. The number of halogens is 6. The standard InChI is InChI=1S/C10H3BF6/c11-2-1-3(12)6(13)5-4(2)7(14)9(16)10(17)8(5)15/h1H,11H2. The van der Waals surface area contributed by atoms with Gasteiger partial charge in [0.2, 0.25) is 0 Å². The van der Waals surface area contributed by atoms with Gasteiger partial charge in [-0.05, 0) is 6.07 Å². The van der Waals surface area contributed by atoms with Gasteiger partial charge in [0.25, 0.3) is 0 Å². The van der Waals surface area contributed by atoms with E-state index in [0.29, 0.717) is 6.07 Å². The molecular weight excluding hydrogens is 245 g/mol. The van der Waals surface area contributed by atoms with Crippen molar-refractivity contribution in [1.29, 1.82) is 0 Å². The molecule has 0 aliphatic carbocycles. The Bertz CT molecular complexity index is 637. The molecule has 88 valence electrons. The van der Waals surface area contributed by atoms with Gasteiger partial charge in [-0.2, -0.15) is 0 Å². The Hall–Kier alpha value is -1.66. The zero-order valence-corrected chi connectivity index (χ0v) is 8.35. The van der Waals surface area contributed by atoms with Gasteiger partial charge in [0, 0.05) is 5.39 Å². The van der Waals surface area contributed by atoms with Crippen LogP contribution in [0, 0.1) is 34.9 Å². The highest BCUT2D eigenvalue weighted by atomic mass is 19.2. The summed E-state index contributed by atoms with van der Waals surface area (Å²) >= 11 is 0. The van der Waals surface area contributed by atoms with E-state index in [-0.39, 0.29) is 5.46 Å². The molecule has 0 aliphatic heterocycles. The molecule has 17 heavy (non-hydrogen) atoms.